The van der Waals surface area contributed by atoms with Gasteiger partial charge in [0.25, 0.3) is 0 Å². The van der Waals surface area contributed by atoms with Crippen molar-refractivity contribution >= 4 is 11.6 Å². The van der Waals surface area contributed by atoms with Crippen molar-refractivity contribution < 1.29 is 13.2 Å². The molecule has 0 aromatic heterocycles. The van der Waals surface area contributed by atoms with Crippen LogP contribution in [0.1, 0.15) is 393 Å². The SMILES string of the molecule is CC(C)(C)c1ccc(Cl)c(C(C)(C)C)c1.CC(C)c1cc(C(C)(C)C)ccc1F.CC(C)c1ccc(F)cc1C(C)C.CC(C)c1ccccc1C(C)C.Cc1cc(C)c(C(C)C)c(C)c1.Cc1cc(F)c(C(C)(C)C)cc1C(C)C.Cc1ccc(C(C)(C)C)cc1C(C)C.Cc1ccccc1C(C)C. The summed E-state index contributed by atoms with van der Waals surface area (Å²) in [7, 11) is 0. The number of aryl methyl sites for hydroxylation is 6. The van der Waals surface area contributed by atoms with Gasteiger partial charge in [-0.1, -0.05) is 361 Å². The Morgan fingerprint density at radius 1 is 0.248 bits per heavy atom. The van der Waals surface area contributed by atoms with E-state index in [4.69, 9.17) is 11.6 Å². The number of hydrogen-bond donors (Lipinski definition) is 0. The van der Waals surface area contributed by atoms with E-state index in [1.807, 2.05) is 71.9 Å². The van der Waals surface area contributed by atoms with Crippen molar-refractivity contribution in [1.29, 1.82) is 0 Å². The lowest BCUT2D eigenvalue weighted by Crippen LogP contribution is -2.16. The van der Waals surface area contributed by atoms with Gasteiger partial charge in [-0.25, -0.2) is 13.2 Å². The zero-order valence-corrected chi connectivity index (χ0v) is 74.8. The second-order valence-corrected chi connectivity index (χ2v) is 37.8. The molecule has 0 amide bonds. The molecule has 582 valence electrons. The minimum absolute atomic E-state index is 0.0793. The highest BCUT2D eigenvalue weighted by Gasteiger charge is 2.24. The summed E-state index contributed by atoms with van der Waals surface area (Å²) in [5.74, 6) is 4.47. The molecule has 8 rings (SSSR count). The van der Waals surface area contributed by atoms with E-state index < -0.39 is 0 Å². The molecular formula is C101H150ClF3. The molecule has 0 bridgehead atoms. The van der Waals surface area contributed by atoms with E-state index in [1.54, 1.807) is 24.3 Å². The first-order chi connectivity index (χ1) is 47.9. The van der Waals surface area contributed by atoms with Gasteiger partial charge in [-0.3, -0.25) is 0 Å². The Kier molecular flexibility index (Phi) is 39.3. The van der Waals surface area contributed by atoms with Gasteiger partial charge in [0.15, 0.2) is 0 Å². The van der Waals surface area contributed by atoms with Crippen LogP contribution in [-0.4, -0.2) is 0 Å². The van der Waals surface area contributed by atoms with E-state index in [2.05, 4.69) is 319 Å². The molecule has 0 N–H and O–H groups in total. The highest BCUT2D eigenvalue weighted by Crippen LogP contribution is 2.36. The standard InChI is InChI=1S/C14H21Cl.C14H21F.C14H22.C13H19F.C12H17F.2C12H18.C10H14/c1-13(2,3)10-7-8-12(15)11(9-10)14(4,5)6;1-9(2)11-8-12(14(4,5)6)13(15)7-10(11)3;1-10(2)13-9-12(14(4,5)6)8-7-11(13)3;1-9(2)11-8-10(13(3,4)5)6-7-12(11)14;1-8(2)11-6-5-10(13)7-12(11)9(3)4;1-8(2)12-10(4)6-9(3)7-11(12)5;1-9(2)11-7-5-6-8-12(11)10(3)4;1-8(2)10-7-5-4-6-9(10)3/h2*7-9H,1-6H3;7-10H,1-6H3;6-9H,1-5H3;5-9H,1-4H3;6-8H,1-5H3;5-10H,1-4H3;4-8H,1-3H3. The summed E-state index contributed by atoms with van der Waals surface area (Å²) in [6, 6.07) is 49.3. The summed E-state index contributed by atoms with van der Waals surface area (Å²) < 4.78 is 40.2. The molecule has 0 spiro atoms. The molecular weight excluding hydrogens is 1310 g/mol. The molecule has 8 aromatic rings. The van der Waals surface area contributed by atoms with Crippen molar-refractivity contribution in [3.05, 3.63) is 279 Å². The summed E-state index contributed by atoms with van der Waals surface area (Å²) in [5, 5.41) is 0.871. The van der Waals surface area contributed by atoms with Crippen LogP contribution in [0.2, 0.25) is 5.02 Å². The topological polar surface area (TPSA) is 0 Å². The lowest BCUT2D eigenvalue weighted by Gasteiger charge is -2.25. The third kappa shape index (κ3) is 32.7. The minimum Gasteiger partial charge on any atom is -0.207 e. The lowest BCUT2D eigenvalue weighted by atomic mass is 9.81. The largest absolute Gasteiger partial charge is 0.207 e. The molecule has 0 aliphatic carbocycles. The second kappa shape index (κ2) is 42.6. The Morgan fingerprint density at radius 3 is 0.962 bits per heavy atom. The van der Waals surface area contributed by atoms with Gasteiger partial charge in [-0.05, 0) is 258 Å². The van der Waals surface area contributed by atoms with Gasteiger partial charge < -0.3 is 0 Å². The summed E-state index contributed by atoms with van der Waals surface area (Å²) >= 11 is 6.23. The maximum atomic E-state index is 13.8. The Hall–Kier alpha value is -6.16. The van der Waals surface area contributed by atoms with Gasteiger partial charge in [0, 0.05) is 5.02 Å². The van der Waals surface area contributed by atoms with E-state index >= 15 is 0 Å². The predicted molar refractivity (Wildman–Crippen MR) is 465 cm³/mol. The Bertz CT molecular complexity index is 3780. The Morgan fingerprint density at radius 2 is 0.590 bits per heavy atom. The van der Waals surface area contributed by atoms with Crippen LogP contribution in [0, 0.1) is 59.0 Å². The first kappa shape index (κ1) is 96.9. The smallest absolute Gasteiger partial charge is 0.127 e. The lowest BCUT2D eigenvalue weighted by molar-refractivity contribution is 0.520. The van der Waals surface area contributed by atoms with E-state index in [0.29, 0.717) is 47.3 Å². The molecule has 0 nitrogen and oxygen atoms in total. The molecule has 0 heterocycles. The molecule has 0 saturated heterocycles. The van der Waals surface area contributed by atoms with Crippen LogP contribution in [-0.2, 0) is 27.1 Å². The summed E-state index contributed by atoms with van der Waals surface area (Å²) in [6.07, 6.45) is 0. The highest BCUT2D eigenvalue weighted by molar-refractivity contribution is 6.31. The van der Waals surface area contributed by atoms with E-state index in [-0.39, 0.29) is 50.4 Å². The van der Waals surface area contributed by atoms with Crippen molar-refractivity contribution in [3.63, 3.8) is 0 Å². The number of rotatable bonds is 9. The van der Waals surface area contributed by atoms with Gasteiger partial charge in [0.1, 0.15) is 17.5 Å². The minimum atomic E-state index is -0.131. The Labute approximate surface area is 650 Å². The van der Waals surface area contributed by atoms with Crippen molar-refractivity contribution in [2.45, 2.75) is 350 Å². The molecule has 8 aromatic carbocycles. The summed E-state index contributed by atoms with van der Waals surface area (Å²) in [5.41, 5.74) is 26.6. The zero-order valence-electron chi connectivity index (χ0n) is 74.1. The molecule has 0 aliphatic rings. The fraction of sp³-hybridized carbons (Fsp3) is 0.525. The van der Waals surface area contributed by atoms with Gasteiger partial charge in [0.2, 0.25) is 0 Å². The van der Waals surface area contributed by atoms with Gasteiger partial charge in [-0.15, -0.1) is 0 Å². The van der Waals surface area contributed by atoms with Crippen LogP contribution in [0.5, 0.6) is 0 Å². The van der Waals surface area contributed by atoms with Crippen LogP contribution in [0.4, 0.5) is 13.2 Å². The molecule has 0 saturated carbocycles. The monoisotopic (exact) mass is 1460 g/mol. The molecule has 105 heavy (non-hydrogen) atoms. The van der Waals surface area contributed by atoms with Crippen LogP contribution in [0.3, 0.4) is 0 Å². The maximum absolute atomic E-state index is 13.8. The first-order valence-electron chi connectivity index (χ1n) is 39.4. The fourth-order valence-electron chi connectivity index (χ4n) is 13.1. The molecule has 0 fully saturated rings. The van der Waals surface area contributed by atoms with E-state index in [9.17, 15) is 13.2 Å². The maximum Gasteiger partial charge on any atom is 0.127 e. The Balaban J connectivity index is 0.000000601. The normalized spacial score (nSPS) is 11.8. The van der Waals surface area contributed by atoms with Crippen LogP contribution in [0.15, 0.2) is 146 Å². The van der Waals surface area contributed by atoms with Crippen LogP contribution in [0.25, 0.3) is 0 Å². The molecule has 0 unspecified atom stereocenters. The van der Waals surface area contributed by atoms with Crippen molar-refractivity contribution in [3.8, 4) is 0 Å². The van der Waals surface area contributed by atoms with Gasteiger partial charge in [0.05, 0.1) is 0 Å². The van der Waals surface area contributed by atoms with Crippen LogP contribution >= 0.6 is 11.6 Å². The number of halogens is 4. The second-order valence-electron chi connectivity index (χ2n) is 37.4. The molecule has 0 radical (unpaired) electrons. The van der Waals surface area contributed by atoms with Crippen molar-refractivity contribution in [2.24, 2.45) is 0 Å². The average molecular weight is 1460 g/mol. The van der Waals surface area contributed by atoms with Gasteiger partial charge >= 0.3 is 0 Å². The predicted octanol–water partition coefficient (Wildman–Crippen LogP) is 33.0. The summed E-state index contributed by atoms with van der Waals surface area (Å²) in [6.45, 7) is 84.8. The molecule has 0 atom stereocenters. The third-order valence-corrected chi connectivity index (χ3v) is 19.7. The highest BCUT2D eigenvalue weighted by atomic mass is 35.5. The van der Waals surface area contributed by atoms with Crippen molar-refractivity contribution in [1.82, 2.24) is 0 Å². The molecule has 4 heteroatoms. The number of hydrogen-bond acceptors (Lipinski definition) is 0. The molecule has 0 aliphatic heterocycles. The average Bonchev–Trinajstić information content (AvgIpc) is 0.816. The summed E-state index contributed by atoms with van der Waals surface area (Å²) in [4.78, 5) is 0. The van der Waals surface area contributed by atoms with E-state index in [0.717, 1.165) is 27.3 Å². The third-order valence-electron chi connectivity index (χ3n) is 19.3. The fourth-order valence-corrected chi connectivity index (χ4v) is 13.5. The van der Waals surface area contributed by atoms with E-state index in [1.165, 1.54) is 89.0 Å². The quantitative estimate of drug-likeness (QED) is 0.135. The number of benzene rings is 8. The van der Waals surface area contributed by atoms with Crippen molar-refractivity contribution in [2.75, 3.05) is 0 Å². The van der Waals surface area contributed by atoms with Gasteiger partial charge in [-0.2, -0.15) is 0 Å². The van der Waals surface area contributed by atoms with Crippen LogP contribution < -0.4 is 0 Å². The first-order valence-corrected chi connectivity index (χ1v) is 39.8. The zero-order chi connectivity index (χ0) is 81.5.